The molecule has 0 saturated heterocycles. The average molecular weight is 504 g/mol. The number of alkyl halides is 2. The number of ether oxygens (including phenoxy) is 1. The third-order valence-corrected chi connectivity index (χ3v) is 3.57. The monoisotopic (exact) mass is 504 g/mol. The van der Waals surface area contributed by atoms with Gasteiger partial charge in [0, 0.05) is 38.3 Å². The number of para-hydroxylation sites is 1. The van der Waals surface area contributed by atoms with Crippen LogP contribution in [0.5, 0.6) is 5.75 Å². The summed E-state index contributed by atoms with van der Waals surface area (Å²) in [6.07, 6.45) is 0. The Balaban J connectivity index is 0.00000392. The van der Waals surface area contributed by atoms with E-state index in [0.717, 1.165) is 5.56 Å². The van der Waals surface area contributed by atoms with Crippen LogP contribution >= 0.6 is 24.0 Å². The number of nitrogens with zero attached hydrogens (tertiary/aromatic N) is 1. The molecule has 28 heavy (non-hydrogen) atoms. The number of benzene rings is 2. The second-order valence-electron chi connectivity index (χ2n) is 5.65. The van der Waals surface area contributed by atoms with Crippen LogP contribution < -0.4 is 20.7 Å². The van der Waals surface area contributed by atoms with Gasteiger partial charge in [-0.3, -0.25) is 9.79 Å². The summed E-state index contributed by atoms with van der Waals surface area (Å²) in [6.45, 7) is -0.678. The SMILES string of the molecule is CN=C(NCc1cccc(NC(C)=O)c1)NCc1ccccc1OC(F)F.I. The summed E-state index contributed by atoms with van der Waals surface area (Å²) >= 11 is 0. The lowest BCUT2D eigenvalue weighted by atomic mass is 10.2. The lowest BCUT2D eigenvalue weighted by Gasteiger charge is -2.15. The van der Waals surface area contributed by atoms with E-state index in [4.69, 9.17) is 0 Å². The fraction of sp³-hybridized carbons (Fsp3) is 0.263. The normalized spacial score (nSPS) is 10.8. The summed E-state index contributed by atoms with van der Waals surface area (Å²) in [5.74, 6) is 0.493. The highest BCUT2D eigenvalue weighted by Crippen LogP contribution is 2.19. The standard InChI is InChI=1S/C19H22F2N4O2.HI/c1-13(26)25-16-8-5-6-14(10-16)11-23-19(22-2)24-12-15-7-3-4-9-17(15)27-18(20)21;/h3-10,18H,11-12H2,1-2H3,(H,25,26)(H2,22,23,24);1H. The highest BCUT2D eigenvalue weighted by Gasteiger charge is 2.09. The maximum Gasteiger partial charge on any atom is 0.387 e. The van der Waals surface area contributed by atoms with Crippen molar-refractivity contribution in [2.75, 3.05) is 12.4 Å². The first kappa shape index (κ1) is 23.6. The molecule has 0 fully saturated rings. The number of hydrogen-bond acceptors (Lipinski definition) is 3. The minimum Gasteiger partial charge on any atom is -0.434 e. The number of hydrogen-bond donors (Lipinski definition) is 3. The topological polar surface area (TPSA) is 74.8 Å². The van der Waals surface area contributed by atoms with Crippen molar-refractivity contribution >= 4 is 41.5 Å². The first-order valence-electron chi connectivity index (χ1n) is 8.31. The molecule has 0 spiro atoms. The van der Waals surface area contributed by atoms with Gasteiger partial charge in [-0.1, -0.05) is 30.3 Å². The Labute approximate surface area is 179 Å². The van der Waals surface area contributed by atoms with Gasteiger partial charge in [0.2, 0.25) is 5.91 Å². The second kappa shape index (κ2) is 12.1. The van der Waals surface area contributed by atoms with Gasteiger partial charge in [0.25, 0.3) is 0 Å². The van der Waals surface area contributed by atoms with Gasteiger partial charge in [0.15, 0.2) is 5.96 Å². The van der Waals surface area contributed by atoms with E-state index in [9.17, 15) is 13.6 Å². The molecular weight excluding hydrogens is 481 g/mol. The van der Waals surface area contributed by atoms with Gasteiger partial charge in [-0.2, -0.15) is 8.78 Å². The largest absolute Gasteiger partial charge is 0.434 e. The predicted octanol–water partition coefficient (Wildman–Crippen LogP) is 3.73. The molecule has 6 nitrogen and oxygen atoms in total. The molecule has 0 aliphatic rings. The van der Waals surface area contributed by atoms with E-state index in [-0.39, 0.29) is 42.2 Å². The number of halogens is 3. The number of amides is 1. The van der Waals surface area contributed by atoms with Crippen LogP contribution in [-0.2, 0) is 17.9 Å². The summed E-state index contributed by atoms with van der Waals surface area (Å²) in [6, 6.07) is 14.0. The first-order valence-corrected chi connectivity index (χ1v) is 8.31. The minimum atomic E-state index is -2.88. The molecule has 0 radical (unpaired) electrons. The van der Waals surface area contributed by atoms with E-state index in [1.165, 1.54) is 13.0 Å². The molecule has 1 amide bonds. The number of carbonyl (C=O) groups is 1. The Morgan fingerprint density at radius 1 is 1.11 bits per heavy atom. The molecule has 0 aliphatic heterocycles. The van der Waals surface area contributed by atoms with Gasteiger partial charge in [-0.05, 0) is 23.8 Å². The van der Waals surface area contributed by atoms with Gasteiger partial charge >= 0.3 is 6.61 Å². The molecule has 3 N–H and O–H groups in total. The summed E-state index contributed by atoms with van der Waals surface area (Å²) in [5.41, 5.74) is 2.25. The van der Waals surface area contributed by atoms with E-state index < -0.39 is 6.61 Å². The van der Waals surface area contributed by atoms with Gasteiger partial charge < -0.3 is 20.7 Å². The Morgan fingerprint density at radius 2 is 1.82 bits per heavy atom. The molecule has 2 aromatic carbocycles. The van der Waals surface area contributed by atoms with Gasteiger partial charge in [0.05, 0.1) is 0 Å². The number of anilines is 1. The Bertz CT molecular complexity index is 803. The zero-order valence-corrected chi connectivity index (χ0v) is 17.9. The smallest absolute Gasteiger partial charge is 0.387 e. The van der Waals surface area contributed by atoms with Crippen LogP contribution in [0.3, 0.4) is 0 Å². The lowest BCUT2D eigenvalue weighted by Crippen LogP contribution is -2.36. The third kappa shape index (κ3) is 8.07. The molecule has 0 aliphatic carbocycles. The van der Waals surface area contributed by atoms with Crippen molar-refractivity contribution < 1.29 is 18.3 Å². The van der Waals surface area contributed by atoms with Crippen LogP contribution in [0, 0.1) is 0 Å². The minimum absolute atomic E-state index is 0. The van der Waals surface area contributed by atoms with Crippen LogP contribution in [0.25, 0.3) is 0 Å². The van der Waals surface area contributed by atoms with E-state index in [2.05, 4.69) is 25.7 Å². The lowest BCUT2D eigenvalue weighted by molar-refractivity contribution is -0.114. The van der Waals surface area contributed by atoms with E-state index in [1.807, 2.05) is 18.2 Å². The highest BCUT2D eigenvalue weighted by molar-refractivity contribution is 14.0. The van der Waals surface area contributed by atoms with Crippen LogP contribution in [0.15, 0.2) is 53.5 Å². The van der Waals surface area contributed by atoms with Gasteiger partial charge in [-0.15, -0.1) is 24.0 Å². The molecule has 0 bridgehead atoms. The van der Waals surface area contributed by atoms with Gasteiger partial charge in [0.1, 0.15) is 5.75 Å². The van der Waals surface area contributed by atoms with Crippen LogP contribution in [0.1, 0.15) is 18.1 Å². The quantitative estimate of drug-likeness (QED) is 0.305. The van der Waals surface area contributed by atoms with Crippen molar-refractivity contribution in [3.8, 4) is 5.75 Å². The zero-order chi connectivity index (χ0) is 19.6. The number of nitrogens with one attached hydrogen (secondary N) is 3. The number of carbonyl (C=O) groups excluding carboxylic acids is 1. The third-order valence-electron chi connectivity index (χ3n) is 3.57. The summed E-state index contributed by atoms with van der Waals surface area (Å²) in [5, 5.41) is 8.92. The number of aliphatic imine (C=N–C) groups is 1. The summed E-state index contributed by atoms with van der Waals surface area (Å²) in [4.78, 5) is 15.3. The van der Waals surface area contributed by atoms with Crippen LogP contribution in [0.4, 0.5) is 14.5 Å². The maximum atomic E-state index is 12.5. The van der Waals surface area contributed by atoms with E-state index >= 15 is 0 Å². The molecule has 0 aromatic heterocycles. The zero-order valence-electron chi connectivity index (χ0n) is 15.5. The van der Waals surface area contributed by atoms with Crippen molar-refractivity contribution in [2.45, 2.75) is 26.6 Å². The molecule has 152 valence electrons. The second-order valence-corrected chi connectivity index (χ2v) is 5.65. The Morgan fingerprint density at radius 3 is 2.50 bits per heavy atom. The number of rotatable bonds is 7. The Kier molecular flexibility index (Phi) is 10.2. The molecule has 2 rings (SSSR count). The fourth-order valence-corrected chi connectivity index (χ4v) is 2.41. The van der Waals surface area contributed by atoms with Gasteiger partial charge in [-0.25, -0.2) is 0 Å². The van der Waals surface area contributed by atoms with Crippen molar-refractivity contribution in [1.29, 1.82) is 0 Å². The van der Waals surface area contributed by atoms with Crippen LogP contribution in [0.2, 0.25) is 0 Å². The predicted molar refractivity (Wildman–Crippen MR) is 116 cm³/mol. The fourth-order valence-electron chi connectivity index (χ4n) is 2.41. The average Bonchev–Trinajstić information content (AvgIpc) is 2.62. The summed E-state index contributed by atoms with van der Waals surface area (Å²) < 4.78 is 29.5. The van der Waals surface area contributed by atoms with Crippen molar-refractivity contribution in [2.24, 2.45) is 4.99 Å². The number of guanidine groups is 1. The molecule has 0 unspecified atom stereocenters. The highest BCUT2D eigenvalue weighted by atomic mass is 127. The van der Waals surface area contributed by atoms with Crippen molar-refractivity contribution in [3.05, 3.63) is 59.7 Å². The van der Waals surface area contributed by atoms with Crippen LogP contribution in [-0.4, -0.2) is 25.5 Å². The molecular formula is C19H23F2IN4O2. The van der Waals surface area contributed by atoms with E-state index in [1.54, 1.807) is 31.3 Å². The van der Waals surface area contributed by atoms with Crippen molar-refractivity contribution in [3.63, 3.8) is 0 Å². The van der Waals surface area contributed by atoms with Crippen molar-refractivity contribution in [1.82, 2.24) is 10.6 Å². The molecule has 0 heterocycles. The first-order chi connectivity index (χ1) is 13.0. The molecule has 0 saturated carbocycles. The Hall–Kier alpha value is -2.43. The van der Waals surface area contributed by atoms with E-state index in [0.29, 0.717) is 23.8 Å². The molecule has 9 heteroatoms. The molecule has 2 aromatic rings. The molecule has 0 atom stereocenters. The summed E-state index contributed by atoms with van der Waals surface area (Å²) in [7, 11) is 1.62. The maximum absolute atomic E-state index is 12.5.